The smallest absolute Gasteiger partial charge is 0.419 e. The van der Waals surface area contributed by atoms with E-state index in [1.54, 1.807) is 20.3 Å². The molecule has 1 saturated heterocycles. The van der Waals surface area contributed by atoms with Gasteiger partial charge < -0.3 is 14.2 Å². The van der Waals surface area contributed by atoms with Crippen LogP contribution < -0.4 is 14.2 Å². The van der Waals surface area contributed by atoms with Gasteiger partial charge in [-0.15, -0.1) is 0 Å². The van der Waals surface area contributed by atoms with Crippen molar-refractivity contribution < 1.29 is 27.4 Å². The lowest BCUT2D eigenvalue weighted by atomic mass is 10.1. The maximum atomic E-state index is 13.0. The van der Waals surface area contributed by atoms with Crippen molar-refractivity contribution in [1.82, 2.24) is 9.80 Å². The Morgan fingerprint density at radius 1 is 0.867 bits per heavy atom. The standard InChI is InChI=1S/C22H27F3N2O3/c1-28-20-8-7-17(15-21(20)29-2)9-10-26-11-12-27(16-26)13-14-30-19-6-4-3-5-18(19)22(23,24)25/h3-8,15H,9-14,16H2,1-2H3. The van der Waals surface area contributed by atoms with E-state index in [1.807, 2.05) is 18.2 Å². The highest BCUT2D eigenvalue weighted by Gasteiger charge is 2.34. The highest BCUT2D eigenvalue weighted by molar-refractivity contribution is 5.43. The molecule has 1 fully saturated rings. The fraction of sp³-hybridized carbons (Fsp3) is 0.455. The first-order valence-corrected chi connectivity index (χ1v) is 9.85. The molecular weight excluding hydrogens is 397 g/mol. The second-order valence-electron chi connectivity index (χ2n) is 7.16. The Balaban J connectivity index is 1.43. The fourth-order valence-electron chi connectivity index (χ4n) is 3.51. The molecule has 0 bridgehead atoms. The molecule has 30 heavy (non-hydrogen) atoms. The summed E-state index contributed by atoms with van der Waals surface area (Å²) in [4.78, 5) is 4.51. The van der Waals surface area contributed by atoms with Crippen molar-refractivity contribution in [2.24, 2.45) is 0 Å². The zero-order chi connectivity index (χ0) is 21.6. The molecular formula is C22H27F3N2O3. The number of hydrogen-bond acceptors (Lipinski definition) is 5. The molecule has 0 atom stereocenters. The first kappa shape index (κ1) is 22.2. The molecule has 3 rings (SSSR count). The van der Waals surface area contributed by atoms with Crippen molar-refractivity contribution in [3.63, 3.8) is 0 Å². The second-order valence-corrected chi connectivity index (χ2v) is 7.16. The van der Waals surface area contributed by atoms with E-state index in [2.05, 4.69) is 9.80 Å². The summed E-state index contributed by atoms with van der Waals surface area (Å²) in [5.74, 6) is 1.31. The molecule has 0 amide bonds. The van der Waals surface area contributed by atoms with Crippen molar-refractivity contribution in [2.45, 2.75) is 12.6 Å². The Kier molecular flexibility index (Phi) is 7.44. The van der Waals surface area contributed by atoms with E-state index in [0.29, 0.717) is 18.0 Å². The molecule has 1 aliphatic rings. The summed E-state index contributed by atoms with van der Waals surface area (Å²) < 4.78 is 55.1. The van der Waals surface area contributed by atoms with Crippen LogP contribution in [0.1, 0.15) is 11.1 Å². The number of halogens is 3. The minimum atomic E-state index is -4.41. The van der Waals surface area contributed by atoms with E-state index in [0.717, 1.165) is 44.4 Å². The van der Waals surface area contributed by atoms with Crippen molar-refractivity contribution in [3.8, 4) is 17.2 Å². The molecule has 0 aliphatic carbocycles. The molecule has 0 saturated carbocycles. The number of hydrogen-bond donors (Lipinski definition) is 0. The number of benzene rings is 2. The Morgan fingerprint density at radius 3 is 2.27 bits per heavy atom. The van der Waals surface area contributed by atoms with Gasteiger partial charge in [0.05, 0.1) is 26.5 Å². The van der Waals surface area contributed by atoms with Crippen molar-refractivity contribution in [3.05, 3.63) is 53.6 Å². The number of rotatable bonds is 9. The van der Waals surface area contributed by atoms with Crippen molar-refractivity contribution in [1.29, 1.82) is 0 Å². The van der Waals surface area contributed by atoms with Crippen LogP contribution in [-0.2, 0) is 12.6 Å². The molecule has 2 aromatic rings. The predicted molar refractivity (Wildman–Crippen MR) is 108 cm³/mol. The third kappa shape index (κ3) is 5.79. The zero-order valence-corrected chi connectivity index (χ0v) is 17.2. The number of methoxy groups -OCH3 is 2. The average Bonchev–Trinajstić information content (AvgIpc) is 3.19. The van der Waals surface area contributed by atoms with Gasteiger partial charge >= 0.3 is 6.18 Å². The molecule has 0 unspecified atom stereocenters. The van der Waals surface area contributed by atoms with E-state index in [-0.39, 0.29) is 12.4 Å². The van der Waals surface area contributed by atoms with E-state index in [9.17, 15) is 13.2 Å². The Hall–Kier alpha value is -2.45. The van der Waals surface area contributed by atoms with Gasteiger partial charge in [-0.05, 0) is 36.2 Å². The third-order valence-electron chi connectivity index (χ3n) is 5.15. The minimum absolute atomic E-state index is 0.116. The van der Waals surface area contributed by atoms with Gasteiger partial charge in [-0.2, -0.15) is 13.2 Å². The van der Waals surface area contributed by atoms with Gasteiger partial charge in [0.1, 0.15) is 12.4 Å². The second kappa shape index (κ2) is 10.0. The molecule has 1 heterocycles. The SMILES string of the molecule is COc1ccc(CCN2CCN(CCOc3ccccc3C(F)(F)F)C2)cc1OC. The average molecular weight is 424 g/mol. The Morgan fingerprint density at radius 2 is 1.57 bits per heavy atom. The van der Waals surface area contributed by atoms with Gasteiger partial charge in [-0.25, -0.2) is 0 Å². The van der Waals surface area contributed by atoms with Gasteiger partial charge in [-0.1, -0.05) is 18.2 Å². The van der Waals surface area contributed by atoms with Crippen LogP contribution in [0.3, 0.4) is 0 Å². The maximum absolute atomic E-state index is 13.0. The van der Waals surface area contributed by atoms with E-state index in [4.69, 9.17) is 14.2 Å². The summed E-state index contributed by atoms with van der Waals surface area (Å²) in [5, 5.41) is 0. The van der Waals surface area contributed by atoms with Gasteiger partial charge in [0.25, 0.3) is 0 Å². The van der Waals surface area contributed by atoms with Gasteiger partial charge in [-0.3, -0.25) is 9.80 Å². The Labute approximate surface area is 174 Å². The largest absolute Gasteiger partial charge is 0.493 e. The highest BCUT2D eigenvalue weighted by atomic mass is 19.4. The topological polar surface area (TPSA) is 34.2 Å². The molecule has 5 nitrogen and oxygen atoms in total. The zero-order valence-electron chi connectivity index (χ0n) is 17.2. The molecule has 8 heteroatoms. The summed E-state index contributed by atoms with van der Waals surface area (Å²) in [5.41, 5.74) is 0.432. The molecule has 1 aliphatic heterocycles. The number of para-hydroxylation sites is 1. The normalized spacial score (nSPS) is 15.4. The summed E-state index contributed by atoms with van der Waals surface area (Å²) in [6, 6.07) is 11.2. The number of nitrogens with zero attached hydrogens (tertiary/aromatic N) is 2. The van der Waals surface area contributed by atoms with Gasteiger partial charge in [0.15, 0.2) is 11.5 Å². The summed E-state index contributed by atoms with van der Waals surface area (Å²) in [7, 11) is 3.23. The van der Waals surface area contributed by atoms with E-state index in [1.165, 1.54) is 12.1 Å². The Bertz CT molecular complexity index is 830. The van der Waals surface area contributed by atoms with Crippen LogP contribution in [0.25, 0.3) is 0 Å². The van der Waals surface area contributed by atoms with Crippen LogP contribution in [-0.4, -0.2) is 63.5 Å². The maximum Gasteiger partial charge on any atom is 0.419 e. The van der Waals surface area contributed by atoms with Crippen LogP contribution in [0.15, 0.2) is 42.5 Å². The van der Waals surface area contributed by atoms with E-state index >= 15 is 0 Å². The summed E-state index contributed by atoms with van der Waals surface area (Å²) in [6.45, 7) is 4.26. The molecule has 164 valence electrons. The lowest BCUT2D eigenvalue weighted by Crippen LogP contribution is -2.30. The number of alkyl halides is 3. The van der Waals surface area contributed by atoms with Crippen LogP contribution in [0.2, 0.25) is 0 Å². The summed E-state index contributed by atoms with van der Waals surface area (Å²) in [6.07, 6.45) is -3.53. The fourth-order valence-corrected chi connectivity index (χ4v) is 3.51. The minimum Gasteiger partial charge on any atom is -0.493 e. The molecule has 2 aromatic carbocycles. The predicted octanol–water partition coefficient (Wildman–Crippen LogP) is 3.92. The molecule has 0 radical (unpaired) electrons. The van der Waals surface area contributed by atoms with E-state index < -0.39 is 11.7 Å². The molecule has 0 spiro atoms. The first-order valence-electron chi connectivity index (χ1n) is 9.85. The number of ether oxygens (including phenoxy) is 3. The molecule has 0 aromatic heterocycles. The third-order valence-corrected chi connectivity index (χ3v) is 5.15. The highest BCUT2D eigenvalue weighted by Crippen LogP contribution is 2.35. The monoisotopic (exact) mass is 424 g/mol. The lowest BCUT2D eigenvalue weighted by Gasteiger charge is -2.19. The van der Waals surface area contributed by atoms with Crippen LogP contribution in [0.4, 0.5) is 13.2 Å². The van der Waals surface area contributed by atoms with Crippen molar-refractivity contribution in [2.75, 3.05) is 53.7 Å². The molecule has 0 N–H and O–H groups in total. The lowest BCUT2D eigenvalue weighted by molar-refractivity contribution is -0.139. The van der Waals surface area contributed by atoms with Crippen LogP contribution >= 0.6 is 0 Å². The van der Waals surface area contributed by atoms with Gasteiger partial charge in [0.2, 0.25) is 0 Å². The van der Waals surface area contributed by atoms with Crippen LogP contribution in [0, 0.1) is 0 Å². The quantitative estimate of drug-likeness (QED) is 0.610. The van der Waals surface area contributed by atoms with Gasteiger partial charge in [0, 0.05) is 26.2 Å². The van der Waals surface area contributed by atoms with Crippen LogP contribution in [0.5, 0.6) is 17.2 Å². The van der Waals surface area contributed by atoms with Crippen molar-refractivity contribution >= 4 is 0 Å². The summed E-state index contributed by atoms with van der Waals surface area (Å²) >= 11 is 0. The first-order chi connectivity index (χ1) is 14.4.